The van der Waals surface area contributed by atoms with Gasteiger partial charge in [0.05, 0.1) is 24.8 Å². The lowest BCUT2D eigenvalue weighted by Crippen LogP contribution is -2.36. The topological polar surface area (TPSA) is 79.2 Å². The van der Waals surface area contributed by atoms with E-state index in [0.29, 0.717) is 18.5 Å². The Morgan fingerprint density at radius 2 is 2.04 bits per heavy atom. The van der Waals surface area contributed by atoms with Gasteiger partial charge in [-0.1, -0.05) is 13.0 Å². The highest BCUT2D eigenvalue weighted by molar-refractivity contribution is 5.78. The number of amides is 1. The van der Waals surface area contributed by atoms with Crippen molar-refractivity contribution in [3.63, 3.8) is 0 Å². The molecule has 0 aromatic carbocycles. The van der Waals surface area contributed by atoms with Crippen LogP contribution in [0.25, 0.3) is 0 Å². The van der Waals surface area contributed by atoms with Crippen LogP contribution in [-0.2, 0) is 17.4 Å². The number of halogens is 3. The Balaban J connectivity index is 2.03. The average molecular weight is 368 g/mol. The number of hydrogen-bond acceptors (Lipinski definition) is 5. The SMILES string of the molecule is CCCN(C[C@@H](O)c1cccnc1)C(=O)Cc1ccc(C(F)(F)F)nn1. The molecule has 140 valence electrons. The molecule has 0 unspecified atom stereocenters. The van der Waals surface area contributed by atoms with Gasteiger partial charge in [0, 0.05) is 24.5 Å². The van der Waals surface area contributed by atoms with Gasteiger partial charge in [-0.25, -0.2) is 0 Å². The molecule has 0 saturated carbocycles. The van der Waals surface area contributed by atoms with Gasteiger partial charge in [0.15, 0.2) is 5.69 Å². The monoisotopic (exact) mass is 368 g/mol. The van der Waals surface area contributed by atoms with E-state index in [-0.39, 0.29) is 24.6 Å². The van der Waals surface area contributed by atoms with E-state index in [1.165, 1.54) is 11.1 Å². The lowest BCUT2D eigenvalue weighted by atomic mass is 10.1. The molecule has 0 spiro atoms. The molecule has 2 rings (SSSR count). The van der Waals surface area contributed by atoms with E-state index in [4.69, 9.17) is 0 Å². The average Bonchev–Trinajstić information content (AvgIpc) is 2.61. The molecular weight excluding hydrogens is 349 g/mol. The molecule has 0 aliphatic carbocycles. The molecule has 0 radical (unpaired) electrons. The van der Waals surface area contributed by atoms with E-state index < -0.39 is 18.0 Å². The molecule has 0 aliphatic rings. The summed E-state index contributed by atoms with van der Waals surface area (Å²) in [6.07, 6.45) is -1.90. The lowest BCUT2D eigenvalue weighted by Gasteiger charge is -2.25. The van der Waals surface area contributed by atoms with Crippen LogP contribution < -0.4 is 0 Å². The second-order valence-electron chi connectivity index (χ2n) is 5.73. The Labute approximate surface area is 148 Å². The van der Waals surface area contributed by atoms with Crippen LogP contribution >= 0.6 is 0 Å². The van der Waals surface area contributed by atoms with Crippen molar-refractivity contribution < 1.29 is 23.1 Å². The molecule has 2 heterocycles. The van der Waals surface area contributed by atoms with Gasteiger partial charge in [-0.2, -0.15) is 18.3 Å². The van der Waals surface area contributed by atoms with Crippen molar-refractivity contribution >= 4 is 5.91 Å². The summed E-state index contributed by atoms with van der Waals surface area (Å²) in [5, 5.41) is 16.9. The molecule has 26 heavy (non-hydrogen) atoms. The molecule has 2 aromatic heterocycles. The van der Waals surface area contributed by atoms with Crippen molar-refractivity contribution in [1.82, 2.24) is 20.1 Å². The van der Waals surface area contributed by atoms with E-state index in [1.54, 1.807) is 18.3 Å². The van der Waals surface area contributed by atoms with Gasteiger partial charge in [0.25, 0.3) is 0 Å². The first-order valence-corrected chi connectivity index (χ1v) is 8.06. The predicted octanol–water partition coefficient (Wildman–Crippen LogP) is 2.41. The second kappa shape index (κ2) is 8.70. The normalized spacial score (nSPS) is 12.7. The van der Waals surface area contributed by atoms with Gasteiger partial charge >= 0.3 is 6.18 Å². The number of aliphatic hydroxyl groups is 1. The Morgan fingerprint density at radius 1 is 1.27 bits per heavy atom. The highest BCUT2D eigenvalue weighted by Crippen LogP contribution is 2.26. The molecule has 0 aliphatic heterocycles. The zero-order valence-electron chi connectivity index (χ0n) is 14.1. The summed E-state index contributed by atoms with van der Waals surface area (Å²) in [5.74, 6) is -0.344. The molecule has 2 aromatic rings. The minimum Gasteiger partial charge on any atom is -0.386 e. The fraction of sp³-hybridized carbons (Fsp3) is 0.412. The summed E-state index contributed by atoms with van der Waals surface area (Å²) in [4.78, 5) is 17.8. The Bertz CT molecular complexity index is 708. The van der Waals surface area contributed by atoms with Gasteiger partial charge in [0.1, 0.15) is 0 Å². The third-order valence-corrected chi connectivity index (χ3v) is 3.65. The molecule has 1 atom stereocenters. The summed E-state index contributed by atoms with van der Waals surface area (Å²) in [5.41, 5.74) is -0.387. The van der Waals surface area contributed by atoms with E-state index in [1.807, 2.05) is 6.92 Å². The molecule has 1 amide bonds. The molecule has 0 bridgehead atoms. The standard InChI is InChI=1S/C17H19F3N4O2/c1-2-8-24(11-14(25)12-4-3-7-21-10-12)16(26)9-13-5-6-15(23-22-13)17(18,19)20/h3-7,10,14,25H,2,8-9,11H2,1H3/t14-/m1/s1. The summed E-state index contributed by atoms with van der Waals surface area (Å²) < 4.78 is 37.5. The van der Waals surface area contributed by atoms with Crippen LogP contribution in [0, 0.1) is 0 Å². The van der Waals surface area contributed by atoms with Crippen LogP contribution in [0.5, 0.6) is 0 Å². The van der Waals surface area contributed by atoms with Crippen LogP contribution in [0.3, 0.4) is 0 Å². The molecular formula is C17H19F3N4O2. The number of carbonyl (C=O) groups excluding carboxylic acids is 1. The number of pyridine rings is 1. The number of nitrogens with zero attached hydrogens (tertiary/aromatic N) is 4. The molecule has 9 heteroatoms. The van der Waals surface area contributed by atoms with Crippen LogP contribution in [0.15, 0.2) is 36.7 Å². The van der Waals surface area contributed by atoms with Crippen LogP contribution in [0.2, 0.25) is 0 Å². The molecule has 6 nitrogen and oxygen atoms in total. The third-order valence-electron chi connectivity index (χ3n) is 3.65. The number of alkyl halides is 3. The Hall–Kier alpha value is -2.55. The maximum atomic E-state index is 12.5. The minimum atomic E-state index is -4.57. The zero-order valence-corrected chi connectivity index (χ0v) is 14.1. The minimum absolute atomic E-state index is 0.0619. The van der Waals surface area contributed by atoms with Gasteiger partial charge in [0.2, 0.25) is 5.91 Å². The van der Waals surface area contributed by atoms with Crippen molar-refractivity contribution in [3.05, 3.63) is 53.6 Å². The number of hydrogen-bond donors (Lipinski definition) is 1. The van der Waals surface area contributed by atoms with E-state index >= 15 is 0 Å². The Kier molecular flexibility index (Phi) is 6.62. The first-order chi connectivity index (χ1) is 12.3. The van der Waals surface area contributed by atoms with E-state index in [9.17, 15) is 23.1 Å². The first-order valence-electron chi connectivity index (χ1n) is 8.06. The van der Waals surface area contributed by atoms with Gasteiger partial charge < -0.3 is 10.0 Å². The number of aromatic nitrogens is 3. The quantitative estimate of drug-likeness (QED) is 0.812. The maximum Gasteiger partial charge on any atom is 0.435 e. The van der Waals surface area contributed by atoms with Crippen LogP contribution in [0.1, 0.15) is 36.4 Å². The highest BCUT2D eigenvalue weighted by Gasteiger charge is 2.33. The number of rotatable bonds is 7. The molecule has 1 N–H and O–H groups in total. The smallest absolute Gasteiger partial charge is 0.386 e. The number of carbonyl (C=O) groups is 1. The second-order valence-corrected chi connectivity index (χ2v) is 5.73. The van der Waals surface area contributed by atoms with Crippen LogP contribution in [-0.4, -0.2) is 44.2 Å². The first kappa shape index (κ1) is 19.8. The fourth-order valence-electron chi connectivity index (χ4n) is 2.35. The van der Waals surface area contributed by atoms with Crippen molar-refractivity contribution in [2.75, 3.05) is 13.1 Å². The molecule has 0 fully saturated rings. The summed E-state index contributed by atoms with van der Waals surface area (Å²) in [7, 11) is 0. The Morgan fingerprint density at radius 3 is 2.58 bits per heavy atom. The van der Waals surface area contributed by atoms with E-state index in [2.05, 4.69) is 15.2 Å². The molecule has 0 saturated heterocycles. The summed E-state index contributed by atoms with van der Waals surface area (Å²) in [6.45, 7) is 2.35. The predicted molar refractivity (Wildman–Crippen MR) is 86.8 cm³/mol. The number of aliphatic hydroxyl groups excluding tert-OH is 1. The van der Waals surface area contributed by atoms with Gasteiger partial charge in [-0.3, -0.25) is 9.78 Å². The van der Waals surface area contributed by atoms with Crippen molar-refractivity contribution in [1.29, 1.82) is 0 Å². The van der Waals surface area contributed by atoms with Crippen molar-refractivity contribution in [3.8, 4) is 0 Å². The third kappa shape index (κ3) is 5.48. The van der Waals surface area contributed by atoms with Crippen molar-refractivity contribution in [2.45, 2.75) is 32.0 Å². The maximum absolute atomic E-state index is 12.5. The van der Waals surface area contributed by atoms with E-state index in [0.717, 1.165) is 12.1 Å². The zero-order chi connectivity index (χ0) is 19.2. The van der Waals surface area contributed by atoms with Crippen LogP contribution in [0.4, 0.5) is 13.2 Å². The summed E-state index contributed by atoms with van der Waals surface area (Å²) >= 11 is 0. The lowest BCUT2D eigenvalue weighted by molar-refractivity contribution is -0.141. The van der Waals surface area contributed by atoms with Crippen molar-refractivity contribution in [2.24, 2.45) is 0 Å². The van der Waals surface area contributed by atoms with Gasteiger partial charge in [-0.05, 0) is 24.6 Å². The summed E-state index contributed by atoms with van der Waals surface area (Å²) in [6, 6.07) is 5.32. The highest BCUT2D eigenvalue weighted by atomic mass is 19.4. The fourth-order valence-corrected chi connectivity index (χ4v) is 2.35. The largest absolute Gasteiger partial charge is 0.435 e. The van der Waals surface area contributed by atoms with Gasteiger partial charge in [-0.15, -0.1) is 5.10 Å².